The van der Waals surface area contributed by atoms with Crippen molar-refractivity contribution in [3.63, 3.8) is 0 Å². The lowest BCUT2D eigenvalue weighted by Gasteiger charge is -2.17. The second-order valence-electron chi connectivity index (χ2n) is 3.21. The van der Waals surface area contributed by atoms with Gasteiger partial charge in [-0.05, 0) is 25.7 Å². The summed E-state index contributed by atoms with van der Waals surface area (Å²) in [7, 11) is 3.15. The standard InChI is InChI=1S/C9H18O2Si/c1-10-9(11-2)12-8-6-4-3-5-7-8/h6,9H,3-5,7,12H2,1-2H3. The van der Waals surface area contributed by atoms with E-state index in [2.05, 4.69) is 6.08 Å². The van der Waals surface area contributed by atoms with E-state index in [4.69, 9.17) is 9.47 Å². The molecule has 1 aliphatic rings. The van der Waals surface area contributed by atoms with Crippen LogP contribution in [0.4, 0.5) is 0 Å². The van der Waals surface area contributed by atoms with Crippen LogP contribution in [0.25, 0.3) is 0 Å². The van der Waals surface area contributed by atoms with Gasteiger partial charge in [-0.25, -0.2) is 0 Å². The van der Waals surface area contributed by atoms with Crippen molar-refractivity contribution in [1.29, 1.82) is 0 Å². The van der Waals surface area contributed by atoms with E-state index in [0.717, 1.165) is 0 Å². The molecule has 0 spiro atoms. The zero-order valence-corrected chi connectivity index (χ0v) is 9.42. The predicted octanol–water partition coefficient (Wildman–Crippen LogP) is 1.19. The van der Waals surface area contributed by atoms with Crippen molar-refractivity contribution < 1.29 is 9.47 Å². The van der Waals surface area contributed by atoms with Gasteiger partial charge in [0.2, 0.25) is 0 Å². The van der Waals surface area contributed by atoms with Gasteiger partial charge in [0.1, 0.15) is 15.4 Å². The second-order valence-corrected chi connectivity index (χ2v) is 5.20. The van der Waals surface area contributed by atoms with Crippen molar-refractivity contribution in [2.24, 2.45) is 0 Å². The molecular formula is C9H18O2Si. The van der Waals surface area contributed by atoms with E-state index >= 15 is 0 Å². The highest BCUT2D eigenvalue weighted by Gasteiger charge is 2.11. The summed E-state index contributed by atoms with van der Waals surface area (Å²) in [5.41, 5.74) is 0. The fraction of sp³-hybridized carbons (Fsp3) is 0.778. The number of ether oxygens (including phenoxy) is 2. The molecule has 3 heteroatoms. The van der Waals surface area contributed by atoms with Gasteiger partial charge in [-0.1, -0.05) is 11.3 Å². The molecule has 12 heavy (non-hydrogen) atoms. The van der Waals surface area contributed by atoms with Crippen LogP contribution in [0.15, 0.2) is 11.3 Å². The van der Waals surface area contributed by atoms with Crippen molar-refractivity contribution in [3.05, 3.63) is 11.3 Å². The van der Waals surface area contributed by atoms with Gasteiger partial charge in [0, 0.05) is 14.2 Å². The van der Waals surface area contributed by atoms with E-state index in [1.54, 1.807) is 19.4 Å². The van der Waals surface area contributed by atoms with Crippen LogP contribution in [-0.4, -0.2) is 29.7 Å². The number of hydrogen-bond acceptors (Lipinski definition) is 2. The molecule has 0 fully saturated rings. The lowest BCUT2D eigenvalue weighted by molar-refractivity contribution is -0.0434. The van der Waals surface area contributed by atoms with E-state index in [9.17, 15) is 0 Å². The molecule has 0 saturated carbocycles. The molecule has 0 radical (unpaired) electrons. The van der Waals surface area contributed by atoms with Gasteiger partial charge in [0.15, 0.2) is 0 Å². The Morgan fingerprint density at radius 1 is 1.33 bits per heavy atom. The molecule has 0 aromatic heterocycles. The topological polar surface area (TPSA) is 18.5 Å². The highest BCUT2D eigenvalue weighted by molar-refractivity contribution is 6.46. The molecule has 0 aromatic rings. The Bertz CT molecular complexity index is 153. The van der Waals surface area contributed by atoms with Crippen molar-refractivity contribution in [2.45, 2.75) is 31.6 Å². The third-order valence-electron chi connectivity index (χ3n) is 2.34. The van der Waals surface area contributed by atoms with E-state index in [1.165, 1.54) is 25.7 Å². The lowest BCUT2D eigenvalue weighted by Crippen LogP contribution is -2.23. The lowest BCUT2D eigenvalue weighted by atomic mass is 10.1. The van der Waals surface area contributed by atoms with Gasteiger partial charge < -0.3 is 9.47 Å². The summed E-state index contributed by atoms with van der Waals surface area (Å²) < 4.78 is 10.4. The molecule has 1 rings (SSSR count). The monoisotopic (exact) mass is 186 g/mol. The summed E-state index contributed by atoms with van der Waals surface area (Å²) in [5.74, 6) is 0.0920. The molecule has 0 aliphatic heterocycles. The highest BCUT2D eigenvalue weighted by Crippen LogP contribution is 2.17. The number of methoxy groups -OCH3 is 2. The first-order chi connectivity index (χ1) is 5.86. The third-order valence-corrected chi connectivity index (χ3v) is 4.51. The molecule has 0 aromatic carbocycles. The Labute approximate surface area is 76.8 Å². The summed E-state index contributed by atoms with van der Waals surface area (Å²) in [6.45, 7) is 0. The molecule has 0 saturated heterocycles. The summed E-state index contributed by atoms with van der Waals surface area (Å²) in [6, 6.07) is 0. The summed E-state index contributed by atoms with van der Waals surface area (Å²) in [4.78, 5) is 0. The smallest absolute Gasteiger partial charge is 0.138 e. The van der Waals surface area contributed by atoms with Crippen LogP contribution in [0.5, 0.6) is 0 Å². The molecule has 70 valence electrons. The molecule has 0 bridgehead atoms. The average molecular weight is 186 g/mol. The summed E-state index contributed by atoms with van der Waals surface area (Å²) in [6.07, 6.45) is 7.67. The third kappa shape index (κ3) is 3.09. The van der Waals surface area contributed by atoms with Crippen LogP contribution < -0.4 is 0 Å². The summed E-state index contributed by atoms with van der Waals surface area (Å²) in [5, 5.41) is 1.63. The molecule has 0 heterocycles. The maximum absolute atomic E-state index is 5.20. The largest absolute Gasteiger partial charge is 0.360 e. The van der Waals surface area contributed by atoms with Crippen molar-refractivity contribution >= 4 is 9.52 Å². The molecule has 2 nitrogen and oxygen atoms in total. The Morgan fingerprint density at radius 2 is 2.08 bits per heavy atom. The molecule has 0 atom stereocenters. The van der Waals surface area contributed by atoms with Gasteiger partial charge >= 0.3 is 0 Å². The van der Waals surface area contributed by atoms with Crippen LogP contribution in [0.2, 0.25) is 0 Å². The van der Waals surface area contributed by atoms with Gasteiger partial charge in [-0.3, -0.25) is 0 Å². The van der Waals surface area contributed by atoms with Crippen LogP contribution in [0, 0.1) is 0 Å². The van der Waals surface area contributed by atoms with E-state index in [1.807, 2.05) is 0 Å². The van der Waals surface area contributed by atoms with Gasteiger partial charge in [-0.15, -0.1) is 0 Å². The van der Waals surface area contributed by atoms with Gasteiger partial charge in [-0.2, -0.15) is 0 Å². The number of hydrogen-bond donors (Lipinski definition) is 0. The van der Waals surface area contributed by atoms with E-state index < -0.39 is 0 Å². The van der Waals surface area contributed by atoms with Gasteiger partial charge in [0.25, 0.3) is 0 Å². The quantitative estimate of drug-likeness (QED) is 0.485. The van der Waals surface area contributed by atoms with Crippen molar-refractivity contribution in [1.82, 2.24) is 0 Å². The predicted molar refractivity (Wildman–Crippen MR) is 52.9 cm³/mol. The molecule has 1 aliphatic carbocycles. The average Bonchev–Trinajstić information content (AvgIpc) is 2.16. The Morgan fingerprint density at radius 3 is 2.58 bits per heavy atom. The Kier molecular flexibility index (Phi) is 4.57. The second kappa shape index (κ2) is 5.51. The zero-order chi connectivity index (χ0) is 8.81. The minimum Gasteiger partial charge on any atom is -0.360 e. The first-order valence-corrected chi connectivity index (χ1v) is 6.12. The highest BCUT2D eigenvalue weighted by atomic mass is 28.2. The summed E-state index contributed by atoms with van der Waals surface area (Å²) >= 11 is 0. The van der Waals surface area contributed by atoms with E-state index in [0.29, 0.717) is 0 Å². The van der Waals surface area contributed by atoms with E-state index in [-0.39, 0.29) is 15.4 Å². The maximum Gasteiger partial charge on any atom is 0.138 e. The van der Waals surface area contributed by atoms with Crippen molar-refractivity contribution in [2.75, 3.05) is 14.2 Å². The minimum absolute atomic E-state index is 0.0920. The first kappa shape index (κ1) is 9.96. The normalized spacial score (nSPS) is 19.1. The fourth-order valence-corrected chi connectivity index (χ4v) is 3.15. The van der Waals surface area contributed by atoms with Gasteiger partial charge in [0.05, 0.1) is 0 Å². The minimum atomic E-state index is -0.304. The fourth-order valence-electron chi connectivity index (χ4n) is 1.57. The van der Waals surface area contributed by atoms with Crippen LogP contribution in [-0.2, 0) is 9.47 Å². The molecule has 0 amide bonds. The first-order valence-electron chi connectivity index (χ1n) is 4.60. The number of allylic oxidation sites excluding steroid dienone is 2. The van der Waals surface area contributed by atoms with Crippen LogP contribution in [0.3, 0.4) is 0 Å². The molecule has 0 N–H and O–H groups in total. The zero-order valence-electron chi connectivity index (χ0n) is 8.01. The SMILES string of the molecule is COC(OC)[SiH2]C1=CCCCC1. The van der Waals surface area contributed by atoms with Crippen LogP contribution in [0.1, 0.15) is 25.7 Å². The van der Waals surface area contributed by atoms with Crippen LogP contribution >= 0.6 is 0 Å². The number of rotatable bonds is 4. The Balaban J connectivity index is 2.32. The van der Waals surface area contributed by atoms with Crippen molar-refractivity contribution in [3.8, 4) is 0 Å². The molecular weight excluding hydrogens is 168 g/mol. The Hall–Kier alpha value is -0.123. The molecule has 0 unspecified atom stereocenters. The maximum atomic E-state index is 5.20.